The largest absolute Gasteiger partial charge is 0.573 e. The van der Waals surface area contributed by atoms with Crippen LogP contribution in [-0.2, 0) is 0 Å². The SMILES string of the molecule is CCNc1nc(C)cn1-c1ccc(Br)cc1OC(F)(F)F. The van der Waals surface area contributed by atoms with Crippen LogP contribution in [0.1, 0.15) is 12.6 Å². The van der Waals surface area contributed by atoms with Crippen molar-refractivity contribution in [3.8, 4) is 11.4 Å². The number of aromatic nitrogens is 2. The molecule has 1 N–H and O–H groups in total. The lowest BCUT2D eigenvalue weighted by molar-refractivity contribution is -0.274. The number of alkyl halides is 3. The van der Waals surface area contributed by atoms with Gasteiger partial charge in [-0.3, -0.25) is 4.57 Å². The summed E-state index contributed by atoms with van der Waals surface area (Å²) in [5.41, 5.74) is 0.943. The molecule has 1 heterocycles. The van der Waals surface area contributed by atoms with Crippen LogP contribution in [0.25, 0.3) is 5.69 Å². The number of rotatable bonds is 4. The van der Waals surface area contributed by atoms with E-state index in [1.165, 1.54) is 16.7 Å². The van der Waals surface area contributed by atoms with E-state index in [1.54, 1.807) is 19.2 Å². The molecule has 0 aliphatic heterocycles. The molecule has 8 heteroatoms. The van der Waals surface area contributed by atoms with Crippen LogP contribution in [0.3, 0.4) is 0 Å². The maximum Gasteiger partial charge on any atom is 0.573 e. The van der Waals surface area contributed by atoms with Gasteiger partial charge in [-0.05, 0) is 32.0 Å². The van der Waals surface area contributed by atoms with Gasteiger partial charge in [-0.25, -0.2) is 4.98 Å². The number of benzene rings is 1. The molecule has 0 unspecified atom stereocenters. The van der Waals surface area contributed by atoms with Gasteiger partial charge in [-0.1, -0.05) is 15.9 Å². The van der Waals surface area contributed by atoms with Crippen LogP contribution in [0.2, 0.25) is 0 Å². The topological polar surface area (TPSA) is 39.1 Å². The minimum Gasteiger partial charge on any atom is -0.403 e. The molecular formula is C13H13BrF3N3O. The number of hydrogen-bond acceptors (Lipinski definition) is 3. The summed E-state index contributed by atoms with van der Waals surface area (Å²) in [6.45, 7) is 4.24. The molecule has 0 fully saturated rings. The fraction of sp³-hybridized carbons (Fsp3) is 0.308. The summed E-state index contributed by atoms with van der Waals surface area (Å²) in [7, 11) is 0. The third-order valence-electron chi connectivity index (χ3n) is 2.57. The van der Waals surface area contributed by atoms with Gasteiger partial charge in [0.05, 0.1) is 11.4 Å². The monoisotopic (exact) mass is 363 g/mol. The Kier molecular flexibility index (Phi) is 4.46. The van der Waals surface area contributed by atoms with E-state index in [0.717, 1.165) is 0 Å². The van der Waals surface area contributed by atoms with Crippen molar-refractivity contribution in [2.45, 2.75) is 20.2 Å². The molecule has 0 atom stereocenters. The van der Waals surface area contributed by atoms with Gasteiger partial charge in [0.2, 0.25) is 5.95 Å². The predicted molar refractivity (Wildman–Crippen MR) is 76.8 cm³/mol. The van der Waals surface area contributed by atoms with Crippen LogP contribution in [-0.4, -0.2) is 22.5 Å². The van der Waals surface area contributed by atoms with Crippen LogP contribution in [0.15, 0.2) is 28.9 Å². The zero-order valence-corrected chi connectivity index (χ0v) is 12.9. The van der Waals surface area contributed by atoms with Crippen molar-refractivity contribution in [3.63, 3.8) is 0 Å². The molecule has 0 saturated carbocycles. The number of imidazole rings is 1. The molecular weight excluding hydrogens is 351 g/mol. The summed E-state index contributed by atoms with van der Waals surface area (Å²) in [6.07, 6.45) is -3.12. The second kappa shape index (κ2) is 5.97. The van der Waals surface area contributed by atoms with Gasteiger partial charge in [0.15, 0.2) is 5.75 Å². The minimum absolute atomic E-state index is 0.257. The quantitative estimate of drug-likeness (QED) is 0.881. The smallest absolute Gasteiger partial charge is 0.403 e. The van der Waals surface area contributed by atoms with Gasteiger partial charge in [-0.2, -0.15) is 0 Å². The molecule has 0 aliphatic carbocycles. The Bertz CT molecular complexity index is 640. The molecule has 0 aliphatic rings. The van der Waals surface area contributed by atoms with Crippen molar-refractivity contribution in [2.75, 3.05) is 11.9 Å². The Morgan fingerprint density at radius 3 is 2.71 bits per heavy atom. The number of aryl methyl sites for hydroxylation is 1. The highest BCUT2D eigenvalue weighted by Crippen LogP contribution is 2.33. The van der Waals surface area contributed by atoms with Gasteiger partial charge in [-0.15, -0.1) is 13.2 Å². The van der Waals surface area contributed by atoms with Gasteiger partial charge in [0, 0.05) is 17.2 Å². The summed E-state index contributed by atoms with van der Waals surface area (Å²) in [4.78, 5) is 4.24. The molecule has 2 rings (SSSR count). The molecule has 1 aromatic heterocycles. The molecule has 114 valence electrons. The average Bonchev–Trinajstić information content (AvgIpc) is 2.69. The van der Waals surface area contributed by atoms with Gasteiger partial charge >= 0.3 is 6.36 Å². The molecule has 2 aromatic rings. The maximum atomic E-state index is 12.5. The maximum absolute atomic E-state index is 12.5. The molecule has 0 amide bonds. The lowest BCUT2D eigenvalue weighted by atomic mass is 10.3. The summed E-state index contributed by atoms with van der Waals surface area (Å²) >= 11 is 3.14. The highest BCUT2D eigenvalue weighted by atomic mass is 79.9. The van der Waals surface area contributed by atoms with Crippen molar-refractivity contribution in [3.05, 3.63) is 34.6 Å². The van der Waals surface area contributed by atoms with Crippen molar-refractivity contribution in [1.82, 2.24) is 9.55 Å². The third-order valence-corrected chi connectivity index (χ3v) is 3.06. The number of anilines is 1. The van der Waals surface area contributed by atoms with Gasteiger partial charge < -0.3 is 10.1 Å². The van der Waals surface area contributed by atoms with Gasteiger partial charge in [0.1, 0.15) is 0 Å². The standard InChI is InChI=1S/C13H13BrF3N3O/c1-3-18-12-19-8(2)7-20(12)10-5-4-9(14)6-11(10)21-13(15,16)17/h4-7H,3H2,1-2H3,(H,18,19). The molecule has 4 nitrogen and oxygen atoms in total. The highest BCUT2D eigenvalue weighted by Gasteiger charge is 2.32. The van der Waals surface area contributed by atoms with E-state index in [-0.39, 0.29) is 11.4 Å². The first-order valence-electron chi connectivity index (χ1n) is 6.15. The third kappa shape index (κ3) is 3.90. The second-order valence-electron chi connectivity index (χ2n) is 4.27. The zero-order chi connectivity index (χ0) is 15.6. The molecule has 1 aromatic carbocycles. The van der Waals surface area contributed by atoms with Crippen molar-refractivity contribution in [2.24, 2.45) is 0 Å². The zero-order valence-electron chi connectivity index (χ0n) is 11.3. The lowest BCUT2D eigenvalue weighted by Gasteiger charge is -2.15. The Hall–Kier alpha value is -1.70. The normalized spacial score (nSPS) is 11.5. The predicted octanol–water partition coefficient (Wildman–Crippen LogP) is 4.27. The van der Waals surface area contributed by atoms with Crippen LogP contribution in [0.4, 0.5) is 19.1 Å². The van der Waals surface area contributed by atoms with E-state index >= 15 is 0 Å². The van der Waals surface area contributed by atoms with E-state index in [1.807, 2.05) is 6.92 Å². The highest BCUT2D eigenvalue weighted by molar-refractivity contribution is 9.10. The lowest BCUT2D eigenvalue weighted by Crippen LogP contribution is -2.18. The number of hydrogen-bond donors (Lipinski definition) is 1. The summed E-state index contributed by atoms with van der Waals surface area (Å²) in [6, 6.07) is 4.45. The van der Waals surface area contributed by atoms with Crippen LogP contribution in [0, 0.1) is 6.92 Å². The first-order chi connectivity index (χ1) is 9.80. The van der Waals surface area contributed by atoms with E-state index in [2.05, 4.69) is 31.0 Å². The first-order valence-corrected chi connectivity index (χ1v) is 6.95. The van der Waals surface area contributed by atoms with Crippen molar-refractivity contribution < 1.29 is 17.9 Å². The molecule has 0 spiro atoms. The van der Waals surface area contributed by atoms with Crippen LogP contribution >= 0.6 is 15.9 Å². The summed E-state index contributed by atoms with van der Waals surface area (Å²) in [5, 5.41) is 3.00. The second-order valence-corrected chi connectivity index (χ2v) is 5.18. The average molecular weight is 364 g/mol. The number of halogens is 4. The first kappa shape index (κ1) is 15.7. The van der Waals surface area contributed by atoms with Crippen LogP contribution in [0.5, 0.6) is 5.75 Å². The number of nitrogens with one attached hydrogen (secondary N) is 1. The van der Waals surface area contributed by atoms with Crippen LogP contribution < -0.4 is 10.1 Å². The van der Waals surface area contributed by atoms with E-state index in [4.69, 9.17) is 0 Å². The van der Waals surface area contributed by atoms with E-state index in [0.29, 0.717) is 22.7 Å². The Morgan fingerprint density at radius 1 is 1.38 bits per heavy atom. The molecule has 0 radical (unpaired) electrons. The van der Waals surface area contributed by atoms with E-state index in [9.17, 15) is 13.2 Å². The molecule has 0 saturated heterocycles. The number of ether oxygens (including phenoxy) is 1. The Labute approximate surface area is 128 Å². The Balaban J connectivity index is 2.53. The summed E-state index contributed by atoms with van der Waals surface area (Å²) < 4.78 is 43.8. The fourth-order valence-corrected chi connectivity index (χ4v) is 2.20. The summed E-state index contributed by atoms with van der Waals surface area (Å²) in [5.74, 6) is 0.165. The number of nitrogens with zero attached hydrogens (tertiary/aromatic N) is 2. The Morgan fingerprint density at radius 2 is 2.10 bits per heavy atom. The fourth-order valence-electron chi connectivity index (χ4n) is 1.86. The minimum atomic E-state index is -4.76. The molecule has 21 heavy (non-hydrogen) atoms. The van der Waals surface area contributed by atoms with Crippen molar-refractivity contribution in [1.29, 1.82) is 0 Å². The van der Waals surface area contributed by atoms with Crippen molar-refractivity contribution >= 4 is 21.9 Å². The van der Waals surface area contributed by atoms with Gasteiger partial charge in [0.25, 0.3) is 0 Å². The molecule has 0 bridgehead atoms. The van der Waals surface area contributed by atoms with E-state index < -0.39 is 6.36 Å².